The average molecular weight is 289 g/mol. The number of carbonyl (C=O) groups excluding carboxylic acids is 2. The van der Waals surface area contributed by atoms with Crippen LogP contribution < -0.4 is 10.2 Å². The van der Waals surface area contributed by atoms with E-state index >= 15 is 0 Å². The standard InChI is InChI=1S/C14H17N3O2.C2H6/c1-16-9-7-14(8-10-16)12(18)17(13(19)15-14)11-5-3-2-4-6-11;1-2/h2-6H,7-10H2,1H3,(H,15,19);1-2H3. The number of piperidine rings is 1. The van der Waals surface area contributed by atoms with Gasteiger partial charge in [0.15, 0.2) is 0 Å². The highest BCUT2D eigenvalue weighted by Gasteiger charge is 2.52. The van der Waals surface area contributed by atoms with Gasteiger partial charge < -0.3 is 10.2 Å². The van der Waals surface area contributed by atoms with Gasteiger partial charge in [-0.05, 0) is 32.0 Å². The SMILES string of the molecule is CC.CN1CCC2(CC1)NC(=O)N(c1ccccc1)C2=O. The maximum absolute atomic E-state index is 12.6. The topological polar surface area (TPSA) is 52.7 Å². The van der Waals surface area contributed by atoms with E-state index in [1.54, 1.807) is 12.1 Å². The molecule has 0 unspecified atom stereocenters. The Kier molecular flexibility index (Phi) is 4.63. The van der Waals surface area contributed by atoms with Crippen molar-refractivity contribution >= 4 is 17.6 Å². The predicted molar refractivity (Wildman–Crippen MR) is 83.3 cm³/mol. The van der Waals surface area contributed by atoms with Gasteiger partial charge in [-0.15, -0.1) is 0 Å². The second kappa shape index (κ2) is 6.26. The molecule has 0 radical (unpaired) electrons. The molecule has 0 atom stereocenters. The molecule has 0 bridgehead atoms. The van der Waals surface area contributed by atoms with E-state index in [0.717, 1.165) is 13.1 Å². The van der Waals surface area contributed by atoms with Crippen LogP contribution >= 0.6 is 0 Å². The van der Waals surface area contributed by atoms with Crippen LogP contribution in [0, 0.1) is 0 Å². The van der Waals surface area contributed by atoms with E-state index in [1.165, 1.54) is 4.90 Å². The number of para-hydroxylation sites is 1. The number of benzene rings is 1. The summed E-state index contributed by atoms with van der Waals surface area (Å²) in [6.45, 7) is 5.66. The van der Waals surface area contributed by atoms with Crippen LogP contribution in [0.3, 0.4) is 0 Å². The number of anilines is 1. The average Bonchev–Trinajstić information content (AvgIpc) is 2.76. The van der Waals surface area contributed by atoms with Gasteiger partial charge in [-0.3, -0.25) is 4.79 Å². The third-order valence-corrected chi connectivity index (χ3v) is 4.02. The molecule has 0 aromatic heterocycles. The van der Waals surface area contributed by atoms with Crippen molar-refractivity contribution in [3.8, 4) is 0 Å². The maximum atomic E-state index is 12.6. The molecule has 1 spiro atoms. The number of hydrogen-bond donors (Lipinski definition) is 1. The van der Waals surface area contributed by atoms with Crippen molar-refractivity contribution < 1.29 is 9.59 Å². The number of imide groups is 1. The van der Waals surface area contributed by atoms with E-state index in [0.29, 0.717) is 18.5 Å². The van der Waals surface area contributed by atoms with E-state index in [2.05, 4.69) is 10.2 Å². The highest BCUT2D eigenvalue weighted by molar-refractivity contribution is 6.23. The minimum atomic E-state index is -0.695. The Hall–Kier alpha value is -1.88. The van der Waals surface area contributed by atoms with Gasteiger partial charge in [0.1, 0.15) is 5.54 Å². The lowest BCUT2D eigenvalue weighted by molar-refractivity contribution is -0.123. The smallest absolute Gasteiger partial charge is 0.323 e. The van der Waals surface area contributed by atoms with Gasteiger partial charge in [0.25, 0.3) is 5.91 Å². The van der Waals surface area contributed by atoms with Gasteiger partial charge in [-0.2, -0.15) is 0 Å². The van der Waals surface area contributed by atoms with Crippen LogP contribution in [0.2, 0.25) is 0 Å². The molecule has 0 aliphatic carbocycles. The number of urea groups is 1. The number of nitrogens with one attached hydrogen (secondary N) is 1. The molecule has 5 heteroatoms. The largest absolute Gasteiger partial charge is 0.329 e. The molecule has 114 valence electrons. The van der Waals surface area contributed by atoms with Crippen LogP contribution in [0.1, 0.15) is 26.7 Å². The summed E-state index contributed by atoms with van der Waals surface area (Å²) in [5.74, 6) is -0.114. The molecular formula is C16H23N3O2. The van der Waals surface area contributed by atoms with E-state index in [1.807, 2.05) is 39.1 Å². The monoisotopic (exact) mass is 289 g/mol. The zero-order valence-corrected chi connectivity index (χ0v) is 12.9. The van der Waals surface area contributed by atoms with Gasteiger partial charge in [-0.25, -0.2) is 9.69 Å². The van der Waals surface area contributed by atoms with Gasteiger partial charge in [-0.1, -0.05) is 32.0 Å². The molecule has 3 rings (SSSR count). The molecule has 5 nitrogen and oxygen atoms in total. The zero-order chi connectivity index (χ0) is 15.5. The molecule has 2 aliphatic rings. The minimum absolute atomic E-state index is 0.114. The van der Waals surface area contributed by atoms with Crippen LogP contribution in [-0.2, 0) is 4.79 Å². The van der Waals surface area contributed by atoms with Crippen LogP contribution in [0.15, 0.2) is 30.3 Å². The zero-order valence-electron chi connectivity index (χ0n) is 12.9. The number of amides is 3. The van der Waals surface area contributed by atoms with Gasteiger partial charge in [0, 0.05) is 13.1 Å². The van der Waals surface area contributed by atoms with Crippen LogP contribution in [-0.4, -0.2) is 42.5 Å². The maximum Gasteiger partial charge on any atom is 0.329 e. The molecule has 1 N–H and O–H groups in total. The van der Waals surface area contributed by atoms with Gasteiger partial charge in [0.2, 0.25) is 0 Å². The molecule has 1 aromatic carbocycles. The first-order chi connectivity index (χ1) is 10.1. The van der Waals surface area contributed by atoms with Crippen molar-refractivity contribution in [2.45, 2.75) is 32.2 Å². The summed E-state index contributed by atoms with van der Waals surface area (Å²) in [6.07, 6.45) is 1.36. The molecule has 1 aromatic rings. The normalized spacial score (nSPS) is 21.0. The first-order valence-corrected chi connectivity index (χ1v) is 7.53. The third kappa shape index (κ3) is 2.78. The summed E-state index contributed by atoms with van der Waals surface area (Å²) in [5, 5.41) is 2.90. The lowest BCUT2D eigenvalue weighted by atomic mass is 9.87. The summed E-state index contributed by atoms with van der Waals surface area (Å²) in [5.41, 5.74) is -0.0554. The molecule has 3 amide bonds. The second-order valence-corrected chi connectivity index (χ2v) is 5.29. The van der Waals surface area contributed by atoms with Crippen molar-refractivity contribution in [2.75, 3.05) is 25.0 Å². The number of rotatable bonds is 1. The van der Waals surface area contributed by atoms with E-state index < -0.39 is 5.54 Å². The second-order valence-electron chi connectivity index (χ2n) is 5.29. The fourth-order valence-electron chi connectivity index (χ4n) is 2.77. The summed E-state index contributed by atoms with van der Waals surface area (Å²) in [7, 11) is 2.03. The minimum Gasteiger partial charge on any atom is -0.323 e. The third-order valence-electron chi connectivity index (χ3n) is 4.02. The van der Waals surface area contributed by atoms with Gasteiger partial charge in [0.05, 0.1) is 5.69 Å². The number of nitrogens with zero attached hydrogens (tertiary/aromatic N) is 2. The first-order valence-electron chi connectivity index (χ1n) is 7.53. The Morgan fingerprint density at radius 3 is 2.19 bits per heavy atom. The quantitative estimate of drug-likeness (QED) is 0.807. The van der Waals surface area contributed by atoms with E-state index in [4.69, 9.17) is 0 Å². The number of likely N-dealkylation sites (tertiary alicyclic amines) is 1. The summed E-state index contributed by atoms with van der Waals surface area (Å²) in [6, 6.07) is 8.79. The molecule has 21 heavy (non-hydrogen) atoms. The fourth-order valence-corrected chi connectivity index (χ4v) is 2.77. The first kappa shape index (κ1) is 15.5. The Morgan fingerprint density at radius 2 is 1.62 bits per heavy atom. The molecular weight excluding hydrogens is 266 g/mol. The predicted octanol–water partition coefficient (Wildman–Crippen LogP) is 2.23. The van der Waals surface area contributed by atoms with Crippen molar-refractivity contribution in [1.82, 2.24) is 10.2 Å². The van der Waals surface area contributed by atoms with Crippen molar-refractivity contribution in [1.29, 1.82) is 0 Å². The lowest BCUT2D eigenvalue weighted by Crippen LogP contribution is -2.54. The van der Waals surface area contributed by atoms with Crippen LogP contribution in [0.25, 0.3) is 0 Å². The van der Waals surface area contributed by atoms with Crippen molar-refractivity contribution in [3.63, 3.8) is 0 Å². The molecule has 2 heterocycles. The van der Waals surface area contributed by atoms with Gasteiger partial charge >= 0.3 is 6.03 Å². The molecule has 0 saturated carbocycles. The Bertz CT molecular complexity index is 508. The van der Waals surface area contributed by atoms with E-state index in [-0.39, 0.29) is 11.9 Å². The van der Waals surface area contributed by atoms with E-state index in [9.17, 15) is 9.59 Å². The Labute approximate surface area is 125 Å². The fraction of sp³-hybridized carbons (Fsp3) is 0.500. The van der Waals surface area contributed by atoms with Crippen LogP contribution in [0.5, 0.6) is 0 Å². The Morgan fingerprint density at radius 1 is 1.05 bits per heavy atom. The molecule has 2 fully saturated rings. The van der Waals surface area contributed by atoms with Crippen LogP contribution in [0.4, 0.5) is 10.5 Å². The Balaban J connectivity index is 0.000000774. The van der Waals surface area contributed by atoms with Crippen molar-refractivity contribution in [3.05, 3.63) is 30.3 Å². The lowest BCUT2D eigenvalue weighted by Gasteiger charge is -2.35. The number of carbonyl (C=O) groups is 2. The summed E-state index contributed by atoms with van der Waals surface area (Å²) >= 11 is 0. The highest BCUT2D eigenvalue weighted by atomic mass is 16.2. The molecule has 2 saturated heterocycles. The molecule has 2 aliphatic heterocycles. The highest BCUT2D eigenvalue weighted by Crippen LogP contribution is 2.31. The number of hydrogen-bond acceptors (Lipinski definition) is 3. The summed E-state index contributed by atoms with van der Waals surface area (Å²) < 4.78 is 0. The van der Waals surface area contributed by atoms with Crippen molar-refractivity contribution in [2.24, 2.45) is 0 Å². The summed E-state index contributed by atoms with van der Waals surface area (Å²) in [4.78, 5) is 28.2.